The van der Waals surface area contributed by atoms with E-state index >= 15 is 0 Å². The molecule has 5 nitrogen and oxygen atoms in total. The standard InChI is InChI=1S/C15H20N4OS/c1-9-8-11-12(10(2)17-9)13(16)14(21-11)15(20)19-6-4-18(3)5-7-19/h8H,4-7,16H2,1-3H3. The maximum absolute atomic E-state index is 12.7. The third-order valence-corrected chi connectivity index (χ3v) is 5.14. The molecule has 1 fully saturated rings. The van der Waals surface area contributed by atoms with Crippen LogP contribution >= 0.6 is 11.3 Å². The van der Waals surface area contributed by atoms with E-state index in [9.17, 15) is 4.79 Å². The van der Waals surface area contributed by atoms with E-state index < -0.39 is 0 Å². The molecule has 0 bridgehead atoms. The number of aryl methyl sites for hydroxylation is 2. The number of nitrogens with zero attached hydrogens (tertiary/aromatic N) is 3. The Morgan fingerprint density at radius 2 is 1.95 bits per heavy atom. The number of thiophene rings is 1. The van der Waals surface area contributed by atoms with Crippen LogP contribution in [0, 0.1) is 13.8 Å². The lowest BCUT2D eigenvalue weighted by atomic mass is 10.2. The highest BCUT2D eigenvalue weighted by Gasteiger charge is 2.25. The minimum Gasteiger partial charge on any atom is -0.397 e. The van der Waals surface area contributed by atoms with Crippen molar-refractivity contribution in [3.8, 4) is 0 Å². The summed E-state index contributed by atoms with van der Waals surface area (Å²) >= 11 is 1.48. The first-order valence-corrected chi connectivity index (χ1v) is 7.93. The molecule has 1 amide bonds. The molecule has 1 saturated heterocycles. The summed E-state index contributed by atoms with van der Waals surface area (Å²) in [4.78, 5) is 22.0. The van der Waals surface area contributed by atoms with Crippen LogP contribution in [0.4, 0.5) is 5.69 Å². The van der Waals surface area contributed by atoms with Gasteiger partial charge in [0.15, 0.2) is 0 Å². The minimum atomic E-state index is 0.0545. The van der Waals surface area contributed by atoms with E-state index in [0.717, 1.165) is 47.7 Å². The van der Waals surface area contributed by atoms with Crippen molar-refractivity contribution in [3.63, 3.8) is 0 Å². The summed E-state index contributed by atoms with van der Waals surface area (Å²) in [5, 5.41) is 0.933. The topological polar surface area (TPSA) is 62.5 Å². The Morgan fingerprint density at radius 3 is 2.62 bits per heavy atom. The predicted molar refractivity (Wildman–Crippen MR) is 86.9 cm³/mol. The molecule has 6 heteroatoms. The normalized spacial score (nSPS) is 16.6. The van der Waals surface area contributed by atoms with Crippen LogP contribution in [-0.2, 0) is 0 Å². The molecule has 1 aliphatic heterocycles. The SMILES string of the molecule is Cc1cc2sc(C(=O)N3CCN(C)CC3)c(N)c2c(C)n1. The molecule has 2 aromatic rings. The second-order valence-corrected chi connectivity index (χ2v) is 6.71. The van der Waals surface area contributed by atoms with E-state index in [2.05, 4.69) is 16.9 Å². The summed E-state index contributed by atoms with van der Waals surface area (Å²) in [6.07, 6.45) is 0. The molecule has 0 saturated carbocycles. The first-order valence-electron chi connectivity index (χ1n) is 7.11. The largest absolute Gasteiger partial charge is 0.397 e. The number of carbonyl (C=O) groups is 1. The predicted octanol–water partition coefficient (Wildman–Crippen LogP) is 1.88. The third-order valence-electron chi connectivity index (χ3n) is 4.00. The molecule has 0 aliphatic carbocycles. The third kappa shape index (κ3) is 2.49. The zero-order valence-electron chi connectivity index (χ0n) is 12.6. The van der Waals surface area contributed by atoms with Gasteiger partial charge in [-0.15, -0.1) is 11.3 Å². The Bertz CT molecular complexity index is 701. The number of hydrogen-bond acceptors (Lipinski definition) is 5. The maximum atomic E-state index is 12.7. The highest BCUT2D eigenvalue weighted by atomic mass is 32.1. The van der Waals surface area contributed by atoms with Gasteiger partial charge in [0.1, 0.15) is 4.88 Å². The van der Waals surface area contributed by atoms with Crippen LogP contribution in [-0.4, -0.2) is 53.9 Å². The Labute approximate surface area is 128 Å². The number of amides is 1. The van der Waals surface area contributed by atoms with Gasteiger partial charge in [-0.05, 0) is 27.0 Å². The van der Waals surface area contributed by atoms with Crippen molar-refractivity contribution in [2.24, 2.45) is 0 Å². The second kappa shape index (κ2) is 5.27. The number of aromatic nitrogens is 1. The van der Waals surface area contributed by atoms with E-state index in [1.165, 1.54) is 11.3 Å². The van der Waals surface area contributed by atoms with Crippen molar-refractivity contribution in [2.75, 3.05) is 39.0 Å². The lowest BCUT2D eigenvalue weighted by Crippen LogP contribution is -2.47. The average Bonchev–Trinajstić information content (AvgIpc) is 2.76. The average molecular weight is 304 g/mol. The van der Waals surface area contributed by atoms with E-state index in [4.69, 9.17) is 5.73 Å². The number of rotatable bonds is 1. The van der Waals surface area contributed by atoms with Gasteiger partial charge in [-0.2, -0.15) is 0 Å². The number of hydrogen-bond donors (Lipinski definition) is 1. The van der Waals surface area contributed by atoms with Crippen molar-refractivity contribution in [3.05, 3.63) is 22.3 Å². The number of piperazine rings is 1. The van der Waals surface area contributed by atoms with Crippen molar-refractivity contribution < 1.29 is 4.79 Å². The summed E-state index contributed by atoms with van der Waals surface area (Å²) in [7, 11) is 2.08. The quantitative estimate of drug-likeness (QED) is 0.874. The molecule has 2 N–H and O–H groups in total. The monoisotopic (exact) mass is 304 g/mol. The number of carbonyl (C=O) groups excluding carboxylic acids is 1. The molecule has 112 valence electrons. The zero-order valence-corrected chi connectivity index (χ0v) is 13.5. The number of anilines is 1. The van der Waals surface area contributed by atoms with Crippen LogP contribution in [0.5, 0.6) is 0 Å². The Balaban J connectivity index is 1.99. The fraction of sp³-hybridized carbons (Fsp3) is 0.467. The highest BCUT2D eigenvalue weighted by molar-refractivity contribution is 7.21. The summed E-state index contributed by atoms with van der Waals surface area (Å²) in [5.74, 6) is 0.0545. The molecular formula is C15H20N4OS. The lowest BCUT2D eigenvalue weighted by Gasteiger charge is -2.32. The molecule has 0 aromatic carbocycles. The second-order valence-electron chi connectivity index (χ2n) is 5.66. The summed E-state index contributed by atoms with van der Waals surface area (Å²) < 4.78 is 1.05. The molecule has 0 spiro atoms. The van der Waals surface area contributed by atoms with Gasteiger partial charge in [-0.1, -0.05) is 0 Å². The molecule has 3 rings (SSSR count). The minimum absolute atomic E-state index is 0.0545. The first-order chi connectivity index (χ1) is 9.97. The maximum Gasteiger partial charge on any atom is 0.266 e. The molecule has 21 heavy (non-hydrogen) atoms. The number of likely N-dealkylation sites (N-methyl/N-ethyl adjacent to an activating group) is 1. The Hall–Kier alpha value is -1.66. The first kappa shape index (κ1) is 14.3. The van der Waals surface area contributed by atoms with Crippen molar-refractivity contribution in [1.29, 1.82) is 0 Å². The van der Waals surface area contributed by atoms with Crippen LogP contribution in [0.3, 0.4) is 0 Å². The number of nitrogens with two attached hydrogens (primary N) is 1. The number of fused-ring (bicyclic) bond motifs is 1. The molecule has 1 aliphatic rings. The van der Waals surface area contributed by atoms with E-state index in [1.54, 1.807) is 0 Å². The van der Waals surface area contributed by atoms with Crippen LogP contribution in [0.25, 0.3) is 10.1 Å². The lowest BCUT2D eigenvalue weighted by molar-refractivity contribution is 0.0670. The van der Waals surface area contributed by atoms with Crippen LogP contribution < -0.4 is 5.73 Å². The van der Waals surface area contributed by atoms with Gasteiger partial charge < -0.3 is 15.5 Å². The molecule has 3 heterocycles. The summed E-state index contributed by atoms with van der Waals surface area (Å²) in [6, 6.07) is 2.00. The van der Waals surface area contributed by atoms with Gasteiger partial charge in [0, 0.05) is 47.7 Å². The van der Waals surface area contributed by atoms with Gasteiger partial charge in [0.2, 0.25) is 0 Å². The Kier molecular flexibility index (Phi) is 3.59. The van der Waals surface area contributed by atoms with Crippen LogP contribution in [0.2, 0.25) is 0 Å². The van der Waals surface area contributed by atoms with Gasteiger partial charge in [-0.3, -0.25) is 9.78 Å². The van der Waals surface area contributed by atoms with Gasteiger partial charge >= 0.3 is 0 Å². The zero-order chi connectivity index (χ0) is 15.1. The van der Waals surface area contributed by atoms with E-state index in [-0.39, 0.29) is 5.91 Å². The summed E-state index contributed by atoms with van der Waals surface area (Å²) in [5.41, 5.74) is 8.68. The molecule has 0 unspecified atom stereocenters. The summed E-state index contributed by atoms with van der Waals surface area (Å²) in [6.45, 7) is 7.26. The van der Waals surface area contributed by atoms with Gasteiger partial charge in [0.25, 0.3) is 5.91 Å². The highest BCUT2D eigenvalue weighted by Crippen LogP contribution is 2.36. The Morgan fingerprint density at radius 1 is 1.29 bits per heavy atom. The molecule has 2 aromatic heterocycles. The van der Waals surface area contributed by atoms with E-state index in [1.807, 2.05) is 24.8 Å². The smallest absolute Gasteiger partial charge is 0.266 e. The molecular weight excluding hydrogens is 284 g/mol. The van der Waals surface area contributed by atoms with E-state index in [0.29, 0.717) is 10.6 Å². The number of nitrogen functional groups attached to an aromatic ring is 1. The fourth-order valence-electron chi connectivity index (χ4n) is 2.79. The van der Waals surface area contributed by atoms with Crippen LogP contribution in [0.1, 0.15) is 21.1 Å². The number of pyridine rings is 1. The fourth-order valence-corrected chi connectivity index (χ4v) is 4.03. The van der Waals surface area contributed by atoms with Crippen molar-refractivity contribution in [2.45, 2.75) is 13.8 Å². The van der Waals surface area contributed by atoms with Gasteiger partial charge in [-0.25, -0.2) is 0 Å². The van der Waals surface area contributed by atoms with Crippen molar-refractivity contribution >= 4 is 33.0 Å². The van der Waals surface area contributed by atoms with Gasteiger partial charge in [0.05, 0.1) is 5.69 Å². The molecule has 0 radical (unpaired) electrons. The van der Waals surface area contributed by atoms with Crippen molar-refractivity contribution in [1.82, 2.24) is 14.8 Å². The molecule has 0 atom stereocenters. The van der Waals surface area contributed by atoms with Crippen LogP contribution in [0.15, 0.2) is 6.07 Å².